The number of carbonyl (C=O) groups is 2. The summed E-state index contributed by atoms with van der Waals surface area (Å²) in [4.78, 5) is 32.8. The van der Waals surface area contributed by atoms with Crippen LogP contribution in [0, 0.1) is 5.92 Å². The summed E-state index contributed by atoms with van der Waals surface area (Å²) < 4.78 is 0. The van der Waals surface area contributed by atoms with Crippen LogP contribution in [0.25, 0.3) is 0 Å². The molecule has 0 bridgehead atoms. The second-order valence-corrected chi connectivity index (χ2v) is 7.19. The summed E-state index contributed by atoms with van der Waals surface area (Å²) >= 11 is 0. The maximum absolute atomic E-state index is 12.5. The van der Waals surface area contributed by atoms with Crippen LogP contribution in [0.2, 0.25) is 0 Å². The first-order valence-electron chi connectivity index (χ1n) is 9.57. The summed E-state index contributed by atoms with van der Waals surface area (Å²) in [5.41, 5.74) is 6.33. The molecule has 0 radical (unpaired) electrons. The summed E-state index contributed by atoms with van der Waals surface area (Å²) in [6, 6.07) is 6.18. The average Bonchev–Trinajstić information content (AvgIpc) is 2.72. The highest BCUT2D eigenvalue weighted by molar-refractivity contribution is 5.85. The standard InChI is InChI=1S/C19H29N5O2.2ClH/c20-12-18(25)23-10-6-17(7-11-23)24-9-3-4-15(14-24)19(26)22-13-16-5-1-2-8-21-16;;/h1-2,5,8,15,17H,3-4,6-7,9-14,20H2,(H,22,26);2*1H. The van der Waals surface area contributed by atoms with E-state index >= 15 is 0 Å². The highest BCUT2D eigenvalue weighted by Gasteiger charge is 2.32. The molecule has 0 aliphatic carbocycles. The van der Waals surface area contributed by atoms with Gasteiger partial charge in [-0.25, -0.2) is 0 Å². The maximum Gasteiger partial charge on any atom is 0.236 e. The largest absolute Gasteiger partial charge is 0.350 e. The Kier molecular flexibility index (Phi) is 10.7. The van der Waals surface area contributed by atoms with E-state index < -0.39 is 0 Å². The van der Waals surface area contributed by atoms with E-state index in [1.807, 2.05) is 23.1 Å². The molecule has 1 atom stereocenters. The van der Waals surface area contributed by atoms with E-state index in [1.54, 1.807) is 6.20 Å². The van der Waals surface area contributed by atoms with Gasteiger partial charge in [-0.2, -0.15) is 0 Å². The first-order chi connectivity index (χ1) is 12.7. The molecule has 2 fully saturated rings. The van der Waals surface area contributed by atoms with Crippen molar-refractivity contribution >= 4 is 36.6 Å². The van der Waals surface area contributed by atoms with Crippen LogP contribution in [-0.2, 0) is 16.1 Å². The van der Waals surface area contributed by atoms with Gasteiger partial charge in [-0.05, 0) is 44.4 Å². The number of rotatable bonds is 5. The number of nitrogens with one attached hydrogen (secondary N) is 1. The second-order valence-electron chi connectivity index (χ2n) is 7.19. The van der Waals surface area contributed by atoms with E-state index in [-0.39, 0.29) is 49.1 Å². The summed E-state index contributed by atoms with van der Waals surface area (Å²) in [5, 5.41) is 3.03. The predicted molar refractivity (Wildman–Crippen MR) is 114 cm³/mol. The Hall–Kier alpha value is -1.41. The molecule has 2 aliphatic heterocycles. The Labute approximate surface area is 179 Å². The number of nitrogens with two attached hydrogens (primary N) is 1. The van der Waals surface area contributed by atoms with Gasteiger partial charge in [0.2, 0.25) is 11.8 Å². The van der Waals surface area contributed by atoms with Crippen molar-refractivity contribution in [1.82, 2.24) is 20.1 Å². The summed E-state index contributed by atoms with van der Waals surface area (Å²) in [6.07, 6.45) is 5.66. The molecule has 1 unspecified atom stereocenters. The van der Waals surface area contributed by atoms with E-state index in [0.29, 0.717) is 12.6 Å². The van der Waals surface area contributed by atoms with Gasteiger partial charge in [0.05, 0.1) is 24.7 Å². The molecule has 1 aromatic rings. The van der Waals surface area contributed by atoms with Gasteiger partial charge in [0.15, 0.2) is 0 Å². The molecular formula is C19H31Cl2N5O2. The van der Waals surface area contributed by atoms with E-state index in [2.05, 4.69) is 15.2 Å². The Balaban J connectivity index is 0.00000196. The number of aromatic nitrogens is 1. The third-order valence-electron chi connectivity index (χ3n) is 5.50. The Bertz CT molecular complexity index is 612. The number of likely N-dealkylation sites (tertiary alicyclic amines) is 2. The number of hydrogen-bond donors (Lipinski definition) is 2. The third kappa shape index (κ3) is 6.58. The lowest BCUT2D eigenvalue weighted by atomic mass is 9.93. The fourth-order valence-electron chi connectivity index (χ4n) is 3.99. The predicted octanol–water partition coefficient (Wildman–Crippen LogP) is 1.20. The highest BCUT2D eigenvalue weighted by atomic mass is 35.5. The van der Waals surface area contributed by atoms with Crippen molar-refractivity contribution in [1.29, 1.82) is 0 Å². The normalized spacial score (nSPS) is 20.6. The zero-order chi connectivity index (χ0) is 18.4. The van der Waals surface area contributed by atoms with Crippen LogP contribution in [0.15, 0.2) is 24.4 Å². The lowest BCUT2D eigenvalue weighted by molar-refractivity contribution is -0.131. The molecule has 1 aromatic heterocycles. The molecule has 158 valence electrons. The quantitative estimate of drug-likeness (QED) is 0.730. The van der Waals surface area contributed by atoms with Crippen LogP contribution in [0.5, 0.6) is 0 Å². The topological polar surface area (TPSA) is 91.6 Å². The van der Waals surface area contributed by atoms with Gasteiger partial charge in [0.1, 0.15) is 0 Å². The number of carbonyl (C=O) groups excluding carboxylic acids is 2. The molecule has 9 heteroatoms. The Morgan fingerprint density at radius 3 is 2.54 bits per heavy atom. The van der Waals surface area contributed by atoms with Crippen LogP contribution in [0.1, 0.15) is 31.4 Å². The zero-order valence-corrected chi connectivity index (χ0v) is 17.7. The number of hydrogen-bond acceptors (Lipinski definition) is 5. The molecular weight excluding hydrogens is 401 g/mol. The highest BCUT2D eigenvalue weighted by Crippen LogP contribution is 2.24. The Morgan fingerprint density at radius 2 is 1.89 bits per heavy atom. The number of nitrogens with zero attached hydrogens (tertiary/aromatic N) is 3. The lowest BCUT2D eigenvalue weighted by Crippen LogP contribution is -2.52. The molecule has 0 spiro atoms. The number of pyridine rings is 1. The van der Waals surface area contributed by atoms with Gasteiger partial charge in [-0.15, -0.1) is 24.8 Å². The first kappa shape index (κ1) is 24.6. The van der Waals surface area contributed by atoms with E-state index in [1.165, 1.54) is 0 Å². The third-order valence-corrected chi connectivity index (χ3v) is 5.50. The summed E-state index contributed by atoms with van der Waals surface area (Å²) in [7, 11) is 0. The van der Waals surface area contributed by atoms with Crippen molar-refractivity contribution in [2.24, 2.45) is 11.7 Å². The van der Waals surface area contributed by atoms with Gasteiger partial charge in [0.25, 0.3) is 0 Å². The second kappa shape index (κ2) is 12.2. The number of piperidine rings is 2. The monoisotopic (exact) mass is 431 g/mol. The van der Waals surface area contributed by atoms with Crippen molar-refractivity contribution < 1.29 is 9.59 Å². The zero-order valence-electron chi connectivity index (χ0n) is 16.1. The molecule has 3 rings (SSSR count). The van der Waals surface area contributed by atoms with Crippen LogP contribution < -0.4 is 11.1 Å². The fourth-order valence-corrected chi connectivity index (χ4v) is 3.99. The van der Waals surface area contributed by atoms with Gasteiger partial charge >= 0.3 is 0 Å². The SMILES string of the molecule is Cl.Cl.NCC(=O)N1CCC(N2CCCC(C(=O)NCc3ccccn3)C2)CC1. The minimum Gasteiger partial charge on any atom is -0.350 e. The number of amides is 2. The Morgan fingerprint density at radius 1 is 1.14 bits per heavy atom. The fraction of sp³-hybridized carbons (Fsp3) is 0.632. The first-order valence-corrected chi connectivity index (χ1v) is 9.57. The van der Waals surface area contributed by atoms with Crippen molar-refractivity contribution in [3.8, 4) is 0 Å². The number of halogens is 2. The van der Waals surface area contributed by atoms with Gasteiger partial charge in [-0.1, -0.05) is 6.07 Å². The molecule has 0 aromatic carbocycles. The van der Waals surface area contributed by atoms with Gasteiger partial charge in [-0.3, -0.25) is 19.5 Å². The van der Waals surface area contributed by atoms with Gasteiger partial charge < -0.3 is 16.0 Å². The molecule has 7 nitrogen and oxygen atoms in total. The summed E-state index contributed by atoms with van der Waals surface area (Å²) in [5.74, 6) is 0.195. The average molecular weight is 432 g/mol. The van der Waals surface area contributed by atoms with E-state index in [0.717, 1.165) is 57.6 Å². The molecule has 2 amide bonds. The van der Waals surface area contributed by atoms with Crippen molar-refractivity contribution in [3.05, 3.63) is 30.1 Å². The molecule has 0 saturated carbocycles. The van der Waals surface area contributed by atoms with Crippen molar-refractivity contribution in [2.75, 3.05) is 32.7 Å². The lowest BCUT2D eigenvalue weighted by Gasteiger charge is -2.42. The van der Waals surface area contributed by atoms with E-state index in [9.17, 15) is 9.59 Å². The smallest absolute Gasteiger partial charge is 0.236 e. The van der Waals surface area contributed by atoms with Gasteiger partial charge in [0, 0.05) is 31.9 Å². The summed E-state index contributed by atoms with van der Waals surface area (Å²) in [6.45, 7) is 3.97. The van der Waals surface area contributed by atoms with E-state index in [4.69, 9.17) is 5.73 Å². The minimum absolute atomic E-state index is 0. The molecule has 28 heavy (non-hydrogen) atoms. The van der Waals surface area contributed by atoms with Crippen LogP contribution in [-0.4, -0.2) is 65.4 Å². The molecule has 2 saturated heterocycles. The minimum atomic E-state index is 0. The maximum atomic E-state index is 12.5. The molecule has 2 aliphatic rings. The molecule has 3 N–H and O–H groups in total. The molecule has 3 heterocycles. The van der Waals surface area contributed by atoms with Crippen LogP contribution in [0.4, 0.5) is 0 Å². The van der Waals surface area contributed by atoms with Crippen molar-refractivity contribution in [3.63, 3.8) is 0 Å². The van der Waals surface area contributed by atoms with Crippen LogP contribution >= 0.6 is 24.8 Å². The van der Waals surface area contributed by atoms with Crippen molar-refractivity contribution in [2.45, 2.75) is 38.3 Å². The van der Waals surface area contributed by atoms with Crippen LogP contribution in [0.3, 0.4) is 0 Å².